The first-order chi connectivity index (χ1) is 13.7. The monoisotopic (exact) mass is 376 g/mol. The molecule has 0 spiro atoms. The zero-order valence-corrected chi connectivity index (χ0v) is 16.6. The summed E-state index contributed by atoms with van der Waals surface area (Å²) in [6, 6.07) is 22.9. The van der Waals surface area contributed by atoms with Crippen LogP contribution in [0.3, 0.4) is 0 Å². The Hall–Kier alpha value is -2.85. The summed E-state index contributed by atoms with van der Waals surface area (Å²) in [4.78, 5) is 11.5. The van der Waals surface area contributed by atoms with E-state index in [0.29, 0.717) is 6.54 Å². The molecule has 0 fully saturated rings. The van der Waals surface area contributed by atoms with Gasteiger partial charge in [0.05, 0.1) is 7.11 Å². The molecule has 3 aromatic carbocycles. The number of carbonyl (C=O) groups excluding carboxylic acids is 1. The first-order valence-electron chi connectivity index (χ1n) is 9.73. The van der Waals surface area contributed by atoms with E-state index in [9.17, 15) is 4.79 Å². The minimum absolute atomic E-state index is 0.00731. The summed E-state index contributed by atoms with van der Waals surface area (Å²) in [5.74, 6) is 1.01. The summed E-state index contributed by atoms with van der Waals surface area (Å²) < 4.78 is 5.42. The van der Waals surface area contributed by atoms with Crippen molar-refractivity contribution in [3.8, 4) is 5.75 Å². The lowest BCUT2D eigenvalue weighted by atomic mass is 9.93. The molecule has 4 heteroatoms. The second-order valence-electron chi connectivity index (χ2n) is 7.01. The third-order valence-corrected chi connectivity index (χ3v) is 4.98. The van der Waals surface area contributed by atoms with Gasteiger partial charge in [0.15, 0.2) is 0 Å². The summed E-state index contributed by atoms with van der Waals surface area (Å²) in [5, 5.41) is 8.90. The molecule has 0 saturated heterocycles. The van der Waals surface area contributed by atoms with E-state index in [0.717, 1.165) is 25.3 Å². The van der Waals surface area contributed by atoms with E-state index in [-0.39, 0.29) is 11.8 Å². The molecule has 0 aliphatic carbocycles. The van der Waals surface area contributed by atoms with Gasteiger partial charge in [0.2, 0.25) is 5.91 Å². The largest absolute Gasteiger partial charge is 0.497 e. The summed E-state index contributed by atoms with van der Waals surface area (Å²) in [5.41, 5.74) is 2.54. The van der Waals surface area contributed by atoms with Crippen molar-refractivity contribution in [2.75, 3.05) is 26.7 Å². The number of nitrogens with one attached hydrogen (secondary N) is 2. The van der Waals surface area contributed by atoms with Crippen molar-refractivity contribution >= 4 is 16.7 Å². The molecule has 3 rings (SSSR count). The molecule has 0 aliphatic heterocycles. The highest BCUT2D eigenvalue weighted by atomic mass is 16.5. The van der Waals surface area contributed by atoms with Crippen LogP contribution in [0.2, 0.25) is 0 Å². The predicted octanol–water partition coefficient (Wildman–Crippen LogP) is 3.90. The lowest BCUT2D eigenvalue weighted by Crippen LogP contribution is -2.33. The smallest absolute Gasteiger partial charge is 0.216 e. The number of rotatable bonds is 9. The van der Waals surface area contributed by atoms with E-state index in [4.69, 9.17) is 4.74 Å². The molecule has 2 N–H and O–H groups in total. The molecule has 28 heavy (non-hydrogen) atoms. The molecule has 0 saturated carbocycles. The highest BCUT2D eigenvalue weighted by Gasteiger charge is 2.15. The van der Waals surface area contributed by atoms with Crippen LogP contribution >= 0.6 is 0 Å². The van der Waals surface area contributed by atoms with E-state index in [1.807, 2.05) is 12.1 Å². The molecule has 0 bridgehead atoms. The lowest BCUT2D eigenvalue weighted by molar-refractivity contribution is -0.119. The Morgan fingerprint density at radius 3 is 2.57 bits per heavy atom. The van der Waals surface area contributed by atoms with Gasteiger partial charge in [-0.25, -0.2) is 0 Å². The van der Waals surface area contributed by atoms with Gasteiger partial charge in [-0.05, 0) is 47.0 Å². The standard InChI is InChI=1S/C24H28N2O2/c1-18(27)26-17-21(16-25-14-13-19-7-4-3-5-8-19)23-10-6-9-20-11-12-22(28-2)15-24(20)23/h3-12,15,21,25H,13-14,16-17H2,1-2H3,(H,26,27). The molecule has 0 heterocycles. The normalized spacial score (nSPS) is 11.9. The van der Waals surface area contributed by atoms with Gasteiger partial charge >= 0.3 is 0 Å². The van der Waals surface area contributed by atoms with Gasteiger partial charge in [0.25, 0.3) is 0 Å². The number of hydrogen-bond acceptors (Lipinski definition) is 3. The van der Waals surface area contributed by atoms with E-state index in [2.05, 4.69) is 65.2 Å². The van der Waals surface area contributed by atoms with Crippen LogP contribution in [0.1, 0.15) is 24.0 Å². The van der Waals surface area contributed by atoms with E-state index in [1.165, 1.54) is 21.9 Å². The van der Waals surface area contributed by atoms with E-state index < -0.39 is 0 Å². The molecule has 1 amide bonds. The number of amides is 1. The second-order valence-corrected chi connectivity index (χ2v) is 7.01. The summed E-state index contributed by atoms with van der Waals surface area (Å²) in [6.45, 7) is 3.86. The molecule has 1 unspecified atom stereocenters. The fourth-order valence-electron chi connectivity index (χ4n) is 3.47. The summed E-state index contributed by atoms with van der Waals surface area (Å²) in [6.07, 6.45) is 0.983. The predicted molar refractivity (Wildman–Crippen MR) is 115 cm³/mol. The molecular weight excluding hydrogens is 348 g/mol. The molecule has 0 aliphatic rings. The van der Waals surface area contributed by atoms with Crippen LogP contribution in [0.5, 0.6) is 5.75 Å². The third kappa shape index (κ3) is 5.33. The minimum Gasteiger partial charge on any atom is -0.497 e. The number of ether oxygens (including phenoxy) is 1. The van der Waals surface area contributed by atoms with Gasteiger partial charge in [-0.3, -0.25) is 4.79 Å². The minimum atomic E-state index is -0.00731. The SMILES string of the molecule is COc1ccc2cccc(C(CNCCc3ccccc3)CNC(C)=O)c2c1. The van der Waals surface area contributed by atoms with Crippen molar-refractivity contribution in [1.82, 2.24) is 10.6 Å². The van der Waals surface area contributed by atoms with Crippen LogP contribution in [0.25, 0.3) is 10.8 Å². The molecule has 1 atom stereocenters. The maximum atomic E-state index is 11.5. The van der Waals surface area contributed by atoms with Gasteiger partial charge < -0.3 is 15.4 Å². The van der Waals surface area contributed by atoms with Crippen molar-refractivity contribution < 1.29 is 9.53 Å². The first-order valence-corrected chi connectivity index (χ1v) is 9.73. The van der Waals surface area contributed by atoms with Gasteiger partial charge in [-0.1, -0.05) is 54.6 Å². The Bertz CT molecular complexity index is 909. The van der Waals surface area contributed by atoms with Crippen LogP contribution in [0.4, 0.5) is 0 Å². The Kier molecular flexibility index (Phi) is 7.04. The third-order valence-electron chi connectivity index (χ3n) is 4.98. The maximum Gasteiger partial charge on any atom is 0.216 e. The van der Waals surface area contributed by atoms with Crippen molar-refractivity contribution in [2.24, 2.45) is 0 Å². The Morgan fingerprint density at radius 1 is 1.00 bits per heavy atom. The van der Waals surface area contributed by atoms with E-state index >= 15 is 0 Å². The maximum absolute atomic E-state index is 11.5. The molecule has 0 radical (unpaired) electrons. The van der Waals surface area contributed by atoms with Gasteiger partial charge in [-0.15, -0.1) is 0 Å². The van der Waals surface area contributed by atoms with Crippen LogP contribution in [-0.2, 0) is 11.2 Å². The fourth-order valence-corrected chi connectivity index (χ4v) is 3.47. The zero-order chi connectivity index (χ0) is 19.8. The van der Waals surface area contributed by atoms with Crippen molar-refractivity contribution in [3.05, 3.63) is 77.9 Å². The molecule has 3 aromatic rings. The number of hydrogen-bond donors (Lipinski definition) is 2. The average molecular weight is 377 g/mol. The van der Waals surface area contributed by atoms with Crippen molar-refractivity contribution in [1.29, 1.82) is 0 Å². The van der Waals surface area contributed by atoms with Crippen molar-refractivity contribution in [2.45, 2.75) is 19.3 Å². The Balaban J connectivity index is 1.75. The highest BCUT2D eigenvalue weighted by molar-refractivity contribution is 5.87. The van der Waals surface area contributed by atoms with Gasteiger partial charge in [0.1, 0.15) is 5.75 Å². The number of carbonyl (C=O) groups is 1. The molecular formula is C24H28N2O2. The van der Waals surface area contributed by atoms with Gasteiger partial charge in [0, 0.05) is 25.9 Å². The second kappa shape index (κ2) is 9.90. The Morgan fingerprint density at radius 2 is 1.82 bits per heavy atom. The van der Waals surface area contributed by atoms with Crippen LogP contribution in [0.15, 0.2) is 66.7 Å². The number of fused-ring (bicyclic) bond motifs is 1. The van der Waals surface area contributed by atoms with Gasteiger partial charge in [-0.2, -0.15) is 0 Å². The quantitative estimate of drug-likeness (QED) is 0.557. The zero-order valence-electron chi connectivity index (χ0n) is 16.6. The van der Waals surface area contributed by atoms with Crippen LogP contribution in [0, 0.1) is 0 Å². The molecule has 146 valence electrons. The highest BCUT2D eigenvalue weighted by Crippen LogP contribution is 2.28. The number of benzene rings is 3. The summed E-state index contributed by atoms with van der Waals surface area (Å²) in [7, 11) is 1.68. The first kappa shape index (κ1) is 19.9. The van der Waals surface area contributed by atoms with Crippen molar-refractivity contribution in [3.63, 3.8) is 0 Å². The fraction of sp³-hybridized carbons (Fsp3) is 0.292. The van der Waals surface area contributed by atoms with E-state index in [1.54, 1.807) is 14.0 Å². The topological polar surface area (TPSA) is 50.4 Å². The lowest BCUT2D eigenvalue weighted by Gasteiger charge is -2.21. The average Bonchev–Trinajstić information content (AvgIpc) is 2.73. The number of methoxy groups -OCH3 is 1. The Labute approximate surface area is 166 Å². The summed E-state index contributed by atoms with van der Waals surface area (Å²) >= 11 is 0. The van der Waals surface area contributed by atoms with Crippen LogP contribution in [-0.4, -0.2) is 32.7 Å². The molecule has 4 nitrogen and oxygen atoms in total. The molecule has 0 aromatic heterocycles. The van der Waals surface area contributed by atoms with Crippen LogP contribution < -0.4 is 15.4 Å².